The van der Waals surface area contributed by atoms with E-state index in [9.17, 15) is 5.11 Å². The van der Waals surface area contributed by atoms with Crippen LogP contribution in [-0.4, -0.2) is 11.2 Å². The molecule has 2 aliphatic carbocycles. The minimum Gasteiger partial charge on any atom is -0.393 e. The fourth-order valence-corrected chi connectivity index (χ4v) is 4.36. The second-order valence-corrected chi connectivity index (χ2v) is 8.74. The third-order valence-corrected chi connectivity index (χ3v) is 5.91. The zero-order chi connectivity index (χ0) is 13.2. The third kappa shape index (κ3) is 1.85. The maximum atomic E-state index is 10.6. The summed E-state index contributed by atoms with van der Waals surface area (Å²) in [6.07, 6.45) is 2.45. The van der Waals surface area contributed by atoms with E-state index in [4.69, 9.17) is 0 Å². The Bertz CT molecular complexity index is 304. The summed E-state index contributed by atoms with van der Waals surface area (Å²) >= 11 is 0. The summed E-state index contributed by atoms with van der Waals surface area (Å²) in [5, 5.41) is 10.6. The van der Waals surface area contributed by atoms with Gasteiger partial charge >= 0.3 is 0 Å². The molecule has 2 fully saturated rings. The van der Waals surface area contributed by atoms with E-state index in [1.54, 1.807) is 0 Å². The van der Waals surface area contributed by atoms with Crippen molar-refractivity contribution in [3.05, 3.63) is 0 Å². The van der Waals surface area contributed by atoms with Gasteiger partial charge in [0.2, 0.25) is 0 Å². The standard InChI is InChI=1S/C16H30O/c1-10-11-8-16(11,15(5,6)7)9-12(13(10)17)14(2,3)4/h10-13,17H,8-9H2,1-7H3/t10-,11?,12?,13?,16?/m0/s1. The molecule has 0 aromatic carbocycles. The molecule has 0 amide bonds. The molecule has 0 bridgehead atoms. The van der Waals surface area contributed by atoms with E-state index < -0.39 is 0 Å². The van der Waals surface area contributed by atoms with Gasteiger partial charge in [0.25, 0.3) is 0 Å². The van der Waals surface area contributed by atoms with Crippen molar-refractivity contribution in [3.8, 4) is 0 Å². The van der Waals surface area contributed by atoms with E-state index in [-0.39, 0.29) is 11.5 Å². The summed E-state index contributed by atoms with van der Waals surface area (Å²) in [5.74, 6) is 1.69. The molecule has 0 spiro atoms. The summed E-state index contributed by atoms with van der Waals surface area (Å²) in [4.78, 5) is 0. The summed E-state index contributed by atoms with van der Waals surface area (Å²) in [5.41, 5.74) is 1.11. The van der Waals surface area contributed by atoms with Gasteiger partial charge in [-0.2, -0.15) is 0 Å². The maximum Gasteiger partial charge on any atom is 0.0601 e. The summed E-state index contributed by atoms with van der Waals surface area (Å²) in [7, 11) is 0. The van der Waals surface area contributed by atoms with Gasteiger partial charge in [-0.05, 0) is 46.8 Å². The van der Waals surface area contributed by atoms with Crippen LogP contribution in [0.15, 0.2) is 0 Å². The van der Waals surface area contributed by atoms with E-state index >= 15 is 0 Å². The van der Waals surface area contributed by atoms with Crippen molar-refractivity contribution >= 4 is 0 Å². The molecule has 17 heavy (non-hydrogen) atoms. The van der Waals surface area contributed by atoms with Crippen LogP contribution in [0.25, 0.3) is 0 Å². The minimum atomic E-state index is -0.0991. The molecule has 100 valence electrons. The summed E-state index contributed by atoms with van der Waals surface area (Å²) in [6, 6.07) is 0. The molecule has 0 heterocycles. The monoisotopic (exact) mass is 238 g/mol. The largest absolute Gasteiger partial charge is 0.393 e. The molecule has 2 saturated carbocycles. The van der Waals surface area contributed by atoms with Crippen molar-refractivity contribution in [1.29, 1.82) is 0 Å². The van der Waals surface area contributed by atoms with E-state index in [1.807, 2.05) is 0 Å². The Labute approximate surface area is 107 Å². The Morgan fingerprint density at radius 3 is 1.94 bits per heavy atom. The normalized spacial score (nSPS) is 46.6. The molecule has 1 N–H and O–H groups in total. The average Bonchev–Trinajstić information content (AvgIpc) is 2.84. The van der Waals surface area contributed by atoms with Gasteiger partial charge < -0.3 is 5.11 Å². The second-order valence-electron chi connectivity index (χ2n) is 8.74. The molecule has 1 heteroatoms. The number of aliphatic hydroxyl groups is 1. The van der Waals surface area contributed by atoms with Crippen molar-refractivity contribution in [2.75, 3.05) is 0 Å². The van der Waals surface area contributed by atoms with E-state index in [0.717, 1.165) is 5.92 Å². The molecule has 4 unspecified atom stereocenters. The molecule has 0 aromatic rings. The number of hydrogen-bond donors (Lipinski definition) is 1. The molecule has 2 rings (SSSR count). The third-order valence-electron chi connectivity index (χ3n) is 5.91. The van der Waals surface area contributed by atoms with Crippen molar-refractivity contribution in [3.63, 3.8) is 0 Å². The van der Waals surface area contributed by atoms with Crippen LogP contribution in [0, 0.1) is 34.0 Å². The lowest BCUT2D eigenvalue weighted by Crippen LogP contribution is -2.46. The van der Waals surface area contributed by atoms with E-state index in [2.05, 4.69) is 48.5 Å². The fraction of sp³-hybridized carbons (Fsp3) is 1.00. The smallest absolute Gasteiger partial charge is 0.0601 e. The first kappa shape index (κ1) is 13.4. The van der Waals surface area contributed by atoms with Crippen molar-refractivity contribution in [2.45, 2.75) is 67.4 Å². The Morgan fingerprint density at radius 2 is 1.53 bits per heavy atom. The molecular weight excluding hydrogens is 208 g/mol. The molecule has 0 saturated heterocycles. The molecule has 0 aromatic heterocycles. The lowest BCUT2D eigenvalue weighted by Gasteiger charge is -2.48. The van der Waals surface area contributed by atoms with Crippen molar-refractivity contribution in [2.24, 2.45) is 34.0 Å². The Kier molecular flexibility index (Phi) is 2.75. The topological polar surface area (TPSA) is 20.2 Å². The van der Waals surface area contributed by atoms with Crippen molar-refractivity contribution < 1.29 is 5.11 Å². The van der Waals surface area contributed by atoms with Crippen LogP contribution in [0.2, 0.25) is 0 Å². The number of hydrogen-bond acceptors (Lipinski definition) is 1. The van der Waals surface area contributed by atoms with Gasteiger partial charge in [0.1, 0.15) is 0 Å². The lowest BCUT2D eigenvalue weighted by molar-refractivity contribution is -0.0670. The van der Waals surface area contributed by atoms with Gasteiger partial charge in [-0.15, -0.1) is 0 Å². The maximum absolute atomic E-state index is 10.6. The molecule has 0 aliphatic heterocycles. The van der Waals surface area contributed by atoms with E-state index in [0.29, 0.717) is 22.7 Å². The molecule has 0 radical (unpaired) electrons. The zero-order valence-electron chi connectivity index (χ0n) is 12.7. The summed E-state index contributed by atoms with van der Waals surface area (Å²) in [6.45, 7) is 16.3. The van der Waals surface area contributed by atoms with Crippen LogP contribution in [0.3, 0.4) is 0 Å². The van der Waals surface area contributed by atoms with Gasteiger partial charge in [0, 0.05) is 0 Å². The van der Waals surface area contributed by atoms with Gasteiger partial charge in [-0.25, -0.2) is 0 Å². The zero-order valence-corrected chi connectivity index (χ0v) is 12.7. The highest BCUT2D eigenvalue weighted by Crippen LogP contribution is 2.73. The number of aliphatic hydroxyl groups excluding tert-OH is 1. The highest BCUT2D eigenvalue weighted by atomic mass is 16.3. The van der Waals surface area contributed by atoms with E-state index in [1.165, 1.54) is 12.8 Å². The fourth-order valence-electron chi connectivity index (χ4n) is 4.36. The lowest BCUT2D eigenvalue weighted by atomic mass is 9.59. The molecule has 5 atom stereocenters. The van der Waals surface area contributed by atoms with Crippen LogP contribution in [0.1, 0.15) is 61.3 Å². The first-order valence-corrected chi connectivity index (χ1v) is 7.19. The summed E-state index contributed by atoms with van der Waals surface area (Å²) < 4.78 is 0. The van der Waals surface area contributed by atoms with Gasteiger partial charge in [-0.3, -0.25) is 0 Å². The Morgan fingerprint density at radius 1 is 1.00 bits per heavy atom. The number of rotatable bonds is 0. The number of fused-ring (bicyclic) bond motifs is 1. The average molecular weight is 238 g/mol. The van der Waals surface area contributed by atoms with Gasteiger partial charge in [0.15, 0.2) is 0 Å². The van der Waals surface area contributed by atoms with Gasteiger partial charge in [-0.1, -0.05) is 48.5 Å². The Balaban J connectivity index is 2.29. The first-order valence-electron chi connectivity index (χ1n) is 7.19. The van der Waals surface area contributed by atoms with Crippen LogP contribution >= 0.6 is 0 Å². The van der Waals surface area contributed by atoms with Gasteiger partial charge in [0.05, 0.1) is 6.10 Å². The quantitative estimate of drug-likeness (QED) is 0.673. The highest BCUT2D eigenvalue weighted by molar-refractivity contribution is 5.16. The van der Waals surface area contributed by atoms with Crippen LogP contribution in [-0.2, 0) is 0 Å². The molecular formula is C16H30O. The van der Waals surface area contributed by atoms with Crippen molar-refractivity contribution in [1.82, 2.24) is 0 Å². The van der Waals surface area contributed by atoms with Crippen LogP contribution in [0.4, 0.5) is 0 Å². The SMILES string of the molecule is C[C@@H]1C(O)C(C(C)(C)C)CC2(C(C)(C)C)CC12. The van der Waals surface area contributed by atoms with Crippen LogP contribution in [0.5, 0.6) is 0 Å². The first-order chi connectivity index (χ1) is 7.51. The predicted molar refractivity (Wildman–Crippen MR) is 72.7 cm³/mol. The second kappa shape index (κ2) is 3.50. The highest BCUT2D eigenvalue weighted by Gasteiger charge is 2.67. The molecule has 2 aliphatic rings. The minimum absolute atomic E-state index is 0.0991. The predicted octanol–water partition coefficient (Wildman–Crippen LogP) is 4.10. The Hall–Kier alpha value is -0.0400. The molecule has 1 nitrogen and oxygen atoms in total. The van der Waals surface area contributed by atoms with Crippen LogP contribution < -0.4 is 0 Å².